The van der Waals surface area contributed by atoms with E-state index >= 15 is 0 Å². The zero-order valence-corrected chi connectivity index (χ0v) is 17.9. The van der Waals surface area contributed by atoms with Crippen LogP contribution in [0.3, 0.4) is 0 Å². The first-order chi connectivity index (χ1) is 14.8. The molecule has 9 heteroatoms. The van der Waals surface area contributed by atoms with Crippen molar-refractivity contribution in [1.82, 2.24) is 4.31 Å². The third kappa shape index (κ3) is 5.29. The highest BCUT2D eigenvalue weighted by Crippen LogP contribution is 2.26. The van der Waals surface area contributed by atoms with E-state index in [1.807, 2.05) is 13.0 Å². The van der Waals surface area contributed by atoms with Crippen LogP contribution in [0.5, 0.6) is 0 Å². The molecule has 1 heterocycles. The van der Waals surface area contributed by atoms with E-state index in [9.17, 15) is 18.0 Å². The smallest absolute Gasteiger partial charge is 0.324 e. The first kappa shape index (κ1) is 22.5. The summed E-state index contributed by atoms with van der Waals surface area (Å²) in [5.74, 6) is -1.38. The molecule has 162 valence electrons. The van der Waals surface area contributed by atoms with Gasteiger partial charge in [0.1, 0.15) is 12.1 Å². The molecule has 31 heavy (non-hydrogen) atoms. The van der Waals surface area contributed by atoms with E-state index in [4.69, 9.17) is 10.00 Å². The maximum atomic E-state index is 13.1. The third-order valence-corrected chi connectivity index (χ3v) is 6.94. The minimum Gasteiger partial charge on any atom is -0.454 e. The lowest BCUT2D eigenvalue weighted by Crippen LogP contribution is -2.48. The van der Waals surface area contributed by atoms with E-state index in [1.165, 1.54) is 12.1 Å². The van der Waals surface area contributed by atoms with Crippen molar-refractivity contribution in [3.8, 4) is 6.07 Å². The number of ether oxygens (including phenoxy) is 1. The number of amides is 1. The summed E-state index contributed by atoms with van der Waals surface area (Å²) in [7, 11) is -3.87. The normalized spacial score (nSPS) is 16.8. The van der Waals surface area contributed by atoms with Crippen LogP contribution in [0.15, 0.2) is 53.4 Å². The number of carbonyl (C=O) groups is 2. The fourth-order valence-corrected chi connectivity index (χ4v) is 5.03. The summed E-state index contributed by atoms with van der Waals surface area (Å²) in [6.07, 6.45) is 1.64. The average molecular weight is 442 g/mol. The SMILES string of the molecule is Cc1ccc(S(=O)(=O)N2CCCCC2C(=O)OCC(=O)Nc2ccccc2C#N)cc1. The molecule has 1 aliphatic rings. The minimum atomic E-state index is -3.87. The molecule has 0 spiro atoms. The van der Waals surface area contributed by atoms with Crippen molar-refractivity contribution in [2.45, 2.75) is 37.1 Å². The third-order valence-electron chi connectivity index (χ3n) is 5.02. The van der Waals surface area contributed by atoms with Crippen LogP contribution >= 0.6 is 0 Å². The number of hydrogen-bond acceptors (Lipinski definition) is 6. The largest absolute Gasteiger partial charge is 0.454 e. The van der Waals surface area contributed by atoms with Crippen molar-refractivity contribution in [2.24, 2.45) is 0 Å². The summed E-state index contributed by atoms with van der Waals surface area (Å²) in [4.78, 5) is 24.9. The second-order valence-electron chi connectivity index (χ2n) is 7.25. The van der Waals surface area contributed by atoms with Gasteiger partial charge in [0.15, 0.2) is 6.61 Å². The first-order valence-corrected chi connectivity index (χ1v) is 11.3. The van der Waals surface area contributed by atoms with Gasteiger partial charge in [-0.05, 0) is 50.5 Å². The Kier molecular flexibility index (Phi) is 7.05. The molecule has 1 saturated heterocycles. The first-order valence-electron chi connectivity index (χ1n) is 9.87. The number of carbonyl (C=O) groups excluding carboxylic acids is 2. The van der Waals surface area contributed by atoms with Crippen LogP contribution in [0.1, 0.15) is 30.4 Å². The molecular formula is C22H23N3O5S. The van der Waals surface area contributed by atoms with Gasteiger partial charge in [0.2, 0.25) is 10.0 Å². The lowest BCUT2D eigenvalue weighted by Gasteiger charge is -2.33. The number of nitriles is 1. The minimum absolute atomic E-state index is 0.114. The lowest BCUT2D eigenvalue weighted by molar-refractivity contribution is -0.152. The number of aryl methyl sites for hydroxylation is 1. The number of sulfonamides is 1. The Morgan fingerprint density at radius 2 is 1.87 bits per heavy atom. The quantitative estimate of drug-likeness (QED) is 0.689. The molecule has 1 amide bonds. The highest BCUT2D eigenvalue weighted by Gasteiger charge is 2.38. The molecule has 8 nitrogen and oxygen atoms in total. The van der Waals surface area contributed by atoms with Crippen LogP contribution in [0.2, 0.25) is 0 Å². The number of hydrogen-bond donors (Lipinski definition) is 1. The highest BCUT2D eigenvalue weighted by atomic mass is 32.2. The predicted molar refractivity (Wildman–Crippen MR) is 113 cm³/mol. The molecule has 1 fully saturated rings. The lowest BCUT2D eigenvalue weighted by atomic mass is 10.1. The molecule has 1 atom stereocenters. The molecular weight excluding hydrogens is 418 g/mol. The number of nitrogens with one attached hydrogen (secondary N) is 1. The fourth-order valence-electron chi connectivity index (χ4n) is 3.38. The number of benzene rings is 2. The Morgan fingerprint density at radius 3 is 2.58 bits per heavy atom. The monoisotopic (exact) mass is 441 g/mol. The Balaban J connectivity index is 1.67. The molecule has 0 aliphatic carbocycles. The van der Waals surface area contributed by atoms with Gasteiger partial charge >= 0.3 is 5.97 Å². The molecule has 0 aromatic heterocycles. The van der Waals surface area contributed by atoms with E-state index in [0.29, 0.717) is 24.9 Å². The van der Waals surface area contributed by atoms with Crippen molar-refractivity contribution in [3.05, 3.63) is 59.7 Å². The Labute approximate surface area is 181 Å². The van der Waals surface area contributed by atoms with Gasteiger partial charge in [-0.25, -0.2) is 8.42 Å². The number of esters is 1. The second-order valence-corrected chi connectivity index (χ2v) is 9.14. The standard InChI is InChI=1S/C22H23N3O5S/c1-16-9-11-18(12-10-16)31(28,29)25-13-5-4-8-20(25)22(27)30-15-21(26)24-19-7-3-2-6-17(19)14-23/h2-3,6-7,9-12,20H,4-5,8,13,15H2,1H3,(H,24,26). The van der Waals surface area contributed by atoms with E-state index in [1.54, 1.807) is 36.4 Å². The van der Waals surface area contributed by atoms with Crippen LogP contribution in [0, 0.1) is 18.3 Å². The van der Waals surface area contributed by atoms with Gasteiger partial charge in [-0.15, -0.1) is 0 Å². The van der Waals surface area contributed by atoms with Gasteiger partial charge in [0.05, 0.1) is 16.1 Å². The zero-order chi connectivity index (χ0) is 22.4. The van der Waals surface area contributed by atoms with Crippen molar-refractivity contribution < 1.29 is 22.7 Å². The molecule has 1 unspecified atom stereocenters. The van der Waals surface area contributed by atoms with Crippen LogP contribution in [0.25, 0.3) is 0 Å². The molecule has 2 aromatic carbocycles. The Bertz CT molecular complexity index is 1110. The predicted octanol–water partition coefficient (Wildman–Crippen LogP) is 2.59. The summed E-state index contributed by atoms with van der Waals surface area (Å²) in [6, 6.07) is 13.9. The van der Waals surface area contributed by atoms with Crippen molar-refractivity contribution in [3.63, 3.8) is 0 Å². The topological polar surface area (TPSA) is 117 Å². The van der Waals surface area contributed by atoms with Crippen molar-refractivity contribution in [1.29, 1.82) is 5.26 Å². The zero-order valence-electron chi connectivity index (χ0n) is 17.1. The van der Waals surface area contributed by atoms with Crippen LogP contribution in [0.4, 0.5) is 5.69 Å². The fraction of sp³-hybridized carbons (Fsp3) is 0.318. The maximum Gasteiger partial charge on any atom is 0.324 e. The maximum absolute atomic E-state index is 13.1. The van der Waals surface area contributed by atoms with E-state index in [2.05, 4.69) is 5.32 Å². The summed E-state index contributed by atoms with van der Waals surface area (Å²) in [6.45, 7) is 1.49. The number of piperidine rings is 1. The van der Waals surface area contributed by atoms with E-state index in [-0.39, 0.29) is 17.0 Å². The number of rotatable bonds is 6. The van der Waals surface area contributed by atoms with Crippen LogP contribution in [-0.2, 0) is 24.3 Å². The van der Waals surface area contributed by atoms with Gasteiger partial charge in [0.25, 0.3) is 5.91 Å². The summed E-state index contributed by atoms with van der Waals surface area (Å²) < 4.78 is 32.4. The average Bonchev–Trinajstić information content (AvgIpc) is 2.78. The summed E-state index contributed by atoms with van der Waals surface area (Å²) in [5, 5.41) is 11.6. The Hall–Kier alpha value is -3.22. The molecule has 0 saturated carbocycles. The van der Waals surface area contributed by atoms with Gasteiger partial charge in [-0.3, -0.25) is 9.59 Å². The van der Waals surface area contributed by atoms with Crippen molar-refractivity contribution in [2.75, 3.05) is 18.5 Å². The van der Waals surface area contributed by atoms with Crippen LogP contribution in [-0.4, -0.2) is 43.8 Å². The second kappa shape index (κ2) is 9.73. The Morgan fingerprint density at radius 1 is 1.16 bits per heavy atom. The van der Waals surface area contributed by atoms with Crippen LogP contribution < -0.4 is 5.32 Å². The van der Waals surface area contributed by atoms with Gasteiger partial charge in [-0.1, -0.05) is 29.8 Å². The van der Waals surface area contributed by atoms with Gasteiger partial charge in [-0.2, -0.15) is 9.57 Å². The van der Waals surface area contributed by atoms with Crippen molar-refractivity contribution >= 4 is 27.6 Å². The van der Waals surface area contributed by atoms with Gasteiger partial charge < -0.3 is 10.1 Å². The number of nitrogens with zero attached hydrogens (tertiary/aromatic N) is 2. The van der Waals surface area contributed by atoms with Gasteiger partial charge in [0, 0.05) is 6.54 Å². The van der Waals surface area contributed by atoms with E-state index < -0.39 is 34.5 Å². The molecule has 3 rings (SSSR count). The summed E-state index contributed by atoms with van der Waals surface area (Å²) in [5.41, 5.74) is 1.52. The number of anilines is 1. The molecule has 1 N–H and O–H groups in total. The highest BCUT2D eigenvalue weighted by molar-refractivity contribution is 7.89. The van der Waals surface area contributed by atoms with E-state index in [0.717, 1.165) is 9.87 Å². The molecule has 2 aromatic rings. The summed E-state index contributed by atoms with van der Waals surface area (Å²) >= 11 is 0. The molecule has 0 bridgehead atoms. The molecule has 1 aliphatic heterocycles. The number of para-hydroxylation sites is 1. The molecule has 0 radical (unpaired) electrons.